The van der Waals surface area contributed by atoms with Gasteiger partial charge in [0.05, 0.1) is 32.9 Å². The van der Waals surface area contributed by atoms with E-state index < -0.39 is 17.7 Å². The van der Waals surface area contributed by atoms with Gasteiger partial charge < -0.3 is 29.1 Å². The van der Waals surface area contributed by atoms with Crippen LogP contribution in [0.25, 0.3) is 5.76 Å². The summed E-state index contributed by atoms with van der Waals surface area (Å²) >= 11 is 0. The summed E-state index contributed by atoms with van der Waals surface area (Å²) in [4.78, 5) is 30.1. The number of hydrogen-bond donors (Lipinski definition) is 1. The zero-order chi connectivity index (χ0) is 24.8. The van der Waals surface area contributed by atoms with Crippen LogP contribution >= 0.6 is 0 Å². The highest BCUT2D eigenvalue weighted by Gasteiger charge is 2.46. The number of benzene rings is 2. The molecule has 1 aliphatic heterocycles. The van der Waals surface area contributed by atoms with Crippen LogP contribution in [0.1, 0.15) is 31.0 Å². The highest BCUT2D eigenvalue weighted by molar-refractivity contribution is 6.46. The van der Waals surface area contributed by atoms with Gasteiger partial charge in [0.25, 0.3) is 11.7 Å². The lowest BCUT2D eigenvalue weighted by atomic mass is 9.94. The molecule has 34 heavy (non-hydrogen) atoms. The SMILES string of the molecule is CCN(CC)CCN1C(=O)C(=O)/C(=C(/O)c2ccccc2)[C@@H]1c1cc(OC)c(OC)c(OC)c1. The Balaban J connectivity index is 2.21. The highest BCUT2D eigenvalue weighted by atomic mass is 16.5. The van der Waals surface area contributed by atoms with Crippen molar-refractivity contribution < 1.29 is 28.9 Å². The average molecular weight is 469 g/mol. The summed E-state index contributed by atoms with van der Waals surface area (Å²) in [7, 11) is 4.51. The van der Waals surface area contributed by atoms with E-state index in [9.17, 15) is 14.7 Å². The first-order valence-corrected chi connectivity index (χ1v) is 11.3. The van der Waals surface area contributed by atoms with Gasteiger partial charge in [0.15, 0.2) is 11.5 Å². The zero-order valence-corrected chi connectivity index (χ0v) is 20.3. The monoisotopic (exact) mass is 468 g/mol. The summed E-state index contributed by atoms with van der Waals surface area (Å²) in [5.41, 5.74) is 1.07. The van der Waals surface area contributed by atoms with Crippen molar-refractivity contribution in [2.24, 2.45) is 0 Å². The molecule has 0 aliphatic carbocycles. The van der Waals surface area contributed by atoms with Gasteiger partial charge in [-0.3, -0.25) is 9.59 Å². The fraction of sp³-hybridized carbons (Fsp3) is 0.385. The molecule has 1 N–H and O–H groups in total. The number of ether oxygens (including phenoxy) is 3. The molecule has 0 unspecified atom stereocenters. The molecule has 2 aromatic carbocycles. The average Bonchev–Trinajstić information content (AvgIpc) is 3.13. The van der Waals surface area contributed by atoms with E-state index in [0.29, 0.717) is 41.5 Å². The molecule has 1 atom stereocenters. The van der Waals surface area contributed by atoms with Crippen LogP contribution in [0.5, 0.6) is 17.2 Å². The number of carbonyl (C=O) groups excluding carboxylic acids is 2. The van der Waals surface area contributed by atoms with Gasteiger partial charge in [0.1, 0.15) is 5.76 Å². The second-order valence-electron chi connectivity index (χ2n) is 7.84. The second kappa shape index (κ2) is 11.1. The Hall–Kier alpha value is -3.52. The number of nitrogens with zero attached hydrogens (tertiary/aromatic N) is 2. The summed E-state index contributed by atoms with van der Waals surface area (Å²) in [6.45, 7) is 6.64. The van der Waals surface area contributed by atoms with E-state index in [0.717, 1.165) is 13.1 Å². The van der Waals surface area contributed by atoms with E-state index in [4.69, 9.17) is 14.2 Å². The molecule has 1 fully saturated rings. The first kappa shape index (κ1) is 25.1. The van der Waals surface area contributed by atoms with Crippen LogP contribution < -0.4 is 14.2 Å². The van der Waals surface area contributed by atoms with Crippen LogP contribution in [0.2, 0.25) is 0 Å². The minimum Gasteiger partial charge on any atom is -0.507 e. The molecule has 1 amide bonds. The first-order chi connectivity index (χ1) is 16.4. The van der Waals surface area contributed by atoms with E-state index in [2.05, 4.69) is 4.90 Å². The number of carbonyl (C=O) groups is 2. The standard InChI is InChI=1S/C26H32N2O6/c1-6-27(7-2)13-14-28-22(18-15-19(32-3)25(34-5)20(16-18)33-4)21(24(30)26(28)31)23(29)17-11-9-8-10-12-17/h8-12,15-16,22,29H,6-7,13-14H2,1-5H3/b23-21+/t22-/m0/s1. The third-order valence-electron chi connectivity index (χ3n) is 6.14. The van der Waals surface area contributed by atoms with Crippen molar-refractivity contribution in [3.8, 4) is 17.2 Å². The fourth-order valence-electron chi connectivity index (χ4n) is 4.26. The maximum absolute atomic E-state index is 13.2. The number of Topliss-reactive ketones (excluding diaryl/α,β-unsaturated/α-hetero) is 1. The summed E-state index contributed by atoms with van der Waals surface area (Å²) < 4.78 is 16.4. The number of ketones is 1. The maximum atomic E-state index is 13.2. The van der Waals surface area contributed by atoms with Gasteiger partial charge in [-0.05, 0) is 30.8 Å². The predicted molar refractivity (Wildman–Crippen MR) is 129 cm³/mol. The lowest BCUT2D eigenvalue weighted by Gasteiger charge is -2.29. The smallest absolute Gasteiger partial charge is 0.295 e. The molecule has 0 saturated carbocycles. The van der Waals surface area contributed by atoms with Crippen LogP contribution in [-0.2, 0) is 9.59 Å². The number of likely N-dealkylation sites (tertiary alicyclic amines) is 1. The van der Waals surface area contributed by atoms with Gasteiger partial charge in [0, 0.05) is 18.7 Å². The quantitative estimate of drug-likeness (QED) is 0.324. The van der Waals surface area contributed by atoms with Crippen LogP contribution in [0.15, 0.2) is 48.0 Å². The molecular weight excluding hydrogens is 436 g/mol. The van der Waals surface area contributed by atoms with Crippen molar-refractivity contribution in [3.05, 3.63) is 59.2 Å². The fourth-order valence-corrected chi connectivity index (χ4v) is 4.26. The lowest BCUT2D eigenvalue weighted by molar-refractivity contribution is -0.140. The molecule has 1 aliphatic rings. The van der Waals surface area contributed by atoms with Gasteiger partial charge in [-0.2, -0.15) is 0 Å². The number of aliphatic hydroxyl groups excluding tert-OH is 1. The predicted octanol–water partition coefficient (Wildman–Crippen LogP) is 3.48. The number of aliphatic hydroxyl groups is 1. The van der Waals surface area contributed by atoms with E-state index in [-0.39, 0.29) is 11.3 Å². The van der Waals surface area contributed by atoms with Crippen LogP contribution in [0.3, 0.4) is 0 Å². The van der Waals surface area contributed by atoms with Crippen molar-refractivity contribution in [1.82, 2.24) is 9.80 Å². The summed E-state index contributed by atoms with van der Waals surface area (Å²) in [5.74, 6) is -0.403. The van der Waals surface area contributed by atoms with Gasteiger partial charge in [-0.25, -0.2) is 0 Å². The summed E-state index contributed by atoms with van der Waals surface area (Å²) in [5, 5.41) is 11.2. The molecule has 1 heterocycles. The Labute approximate surface area is 200 Å². The number of likely N-dealkylation sites (N-methyl/N-ethyl adjacent to an activating group) is 1. The molecule has 0 bridgehead atoms. The van der Waals surface area contributed by atoms with E-state index >= 15 is 0 Å². The highest BCUT2D eigenvalue weighted by Crippen LogP contribution is 2.45. The molecule has 0 spiro atoms. The Bertz CT molecular complexity index is 1040. The minimum absolute atomic E-state index is 0.0324. The third kappa shape index (κ3) is 4.72. The number of hydrogen-bond acceptors (Lipinski definition) is 7. The number of methoxy groups -OCH3 is 3. The molecule has 8 heteroatoms. The van der Waals surface area contributed by atoms with Gasteiger partial charge >= 0.3 is 0 Å². The molecule has 0 radical (unpaired) electrons. The topological polar surface area (TPSA) is 88.5 Å². The molecule has 0 aromatic heterocycles. The normalized spacial score (nSPS) is 17.4. The number of amides is 1. The zero-order valence-electron chi connectivity index (χ0n) is 20.3. The Morgan fingerprint density at radius 2 is 1.56 bits per heavy atom. The largest absolute Gasteiger partial charge is 0.507 e. The molecule has 3 rings (SSSR count). The lowest BCUT2D eigenvalue weighted by Crippen LogP contribution is -2.38. The Morgan fingerprint density at radius 1 is 0.971 bits per heavy atom. The Kier molecular flexibility index (Phi) is 8.17. The van der Waals surface area contributed by atoms with Crippen molar-refractivity contribution in [2.75, 3.05) is 47.5 Å². The van der Waals surface area contributed by atoms with Crippen molar-refractivity contribution in [1.29, 1.82) is 0 Å². The molecule has 182 valence electrons. The van der Waals surface area contributed by atoms with Crippen molar-refractivity contribution in [3.63, 3.8) is 0 Å². The van der Waals surface area contributed by atoms with E-state index in [1.807, 2.05) is 19.9 Å². The molecule has 1 saturated heterocycles. The first-order valence-electron chi connectivity index (χ1n) is 11.3. The van der Waals surface area contributed by atoms with Crippen molar-refractivity contribution >= 4 is 17.4 Å². The van der Waals surface area contributed by atoms with Crippen molar-refractivity contribution in [2.45, 2.75) is 19.9 Å². The van der Waals surface area contributed by atoms with E-state index in [1.165, 1.54) is 26.2 Å². The van der Waals surface area contributed by atoms with Gasteiger partial charge in [-0.15, -0.1) is 0 Å². The summed E-state index contributed by atoms with van der Waals surface area (Å²) in [6, 6.07) is 11.3. The third-order valence-corrected chi connectivity index (χ3v) is 6.14. The minimum atomic E-state index is -0.815. The molecular formula is C26H32N2O6. The second-order valence-corrected chi connectivity index (χ2v) is 7.84. The number of rotatable bonds is 10. The van der Waals surface area contributed by atoms with E-state index in [1.54, 1.807) is 36.4 Å². The summed E-state index contributed by atoms with van der Waals surface area (Å²) in [6.07, 6.45) is 0. The maximum Gasteiger partial charge on any atom is 0.295 e. The molecule has 2 aromatic rings. The Morgan fingerprint density at radius 3 is 2.06 bits per heavy atom. The molecule has 8 nitrogen and oxygen atoms in total. The van der Waals surface area contributed by atoms with Gasteiger partial charge in [-0.1, -0.05) is 44.2 Å². The van der Waals surface area contributed by atoms with Crippen LogP contribution in [-0.4, -0.2) is 74.1 Å². The van der Waals surface area contributed by atoms with Crippen LogP contribution in [0.4, 0.5) is 0 Å². The van der Waals surface area contributed by atoms with Crippen LogP contribution in [0, 0.1) is 0 Å². The van der Waals surface area contributed by atoms with Gasteiger partial charge in [0.2, 0.25) is 5.75 Å².